The van der Waals surface area contributed by atoms with Crippen LogP contribution in [0.25, 0.3) is 45.4 Å². The number of nitrogens with one attached hydrogen (secondary N) is 4. The van der Waals surface area contributed by atoms with Crippen molar-refractivity contribution in [3.63, 3.8) is 0 Å². The van der Waals surface area contributed by atoms with Gasteiger partial charge >= 0.3 is 12.2 Å². The minimum Gasteiger partial charge on any atom is -0.453 e. The number of likely N-dealkylation sites (tertiary alicyclic amines) is 2. The second-order valence-corrected chi connectivity index (χ2v) is 13.3. The number of oxazole rings is 2. The Bertz CT molecular complexity index is 2080. The summed E-state index contributed by atoms with van der Waals surface area (Å²) in [7, 11) is 2.52. The molecule has 18 heteroatoms. The van der Waals surface area contributed by atoms with Crippen molar-refractivity contribution in [3.05, 3.63) is 36.2 Å². The molecule has 2 saturated heterocycles. The third-order valence-electron chi connectivity index (χ3n) is 9.53. The van der Waals surface area contributed by atoms with Crippen molar-refractivity contribution in [1.29, 1.82) is 0 Å². The molecule has 7 rings (SSSR count). The van der Waals surface area contributed by atoms with Crippen molar-refractivity contribution in [2.75, 3.05) is 27.3 Å². The molecule has 0 radical (unpaired) electrons. The van der Waals surface area contributed by atoms with Crippen LogP contribution < -0.4 is 10.6 Å². The summed E-state index contributed by atoms with van der Waals surface area (Å²) >= 11 is 0. The normalized spacial score (nSPS) is 18.7. The molecule has 4 amide bonds. The number of alkyl carbamates (subject to hydrolysis) is 2. The average Bonchev–Trinajstić information content (AvgIpc) is 3.97. The molecule has 6 heterocycles. The molecule has 274 valence electrons. The van der Waals surface area contributed by atoms with Crippen LogP contribution in [-0.4, -0.2) is 103 Å². The lowest BCUT2D eigenvalue weighted by Crippen LogP contribution is -2.51. The number of imidazole rings is 2. The fraction of sp³-hybridized carbons (Fsp3) is 0.471. The fourth-order valence-corrected chi connectivity index (χ4v) is 6.86. The molecular weight excluding hydrogens is 676 g/mol. The first-order chi connectivity index (χ1) is 25.0. The van der Waals surface area contributed by atoms with Crippen molar-refractivity contribution in [3.8, 4) is 23.2 Å². The second kappa shape index (κ2) is 14.0. The number of methoxy groups -OCH3 is 2. The maximum atomic E-state index is 13.5. The van der Waals surface area contributed by atoms with E-state index in [1.165, 1.54) is 14.2 Å². The molecule has 0 aliphatic carbocycles. The van der Waals surface area contributed by atoms with E-state index in [1.807, 2.05) is 13.8 Å². The van der Waals surface area contributed by atoms with E-state index in [1.54, 1.807) is 41.2 Å². The summed E-state index contributed by atoms with van der Waals surface area (Å²) in [4.78, 5) is 78.6. The van der Waals surface area contributed by atoms with Crippen LogP contribution in [-0.2, 0) is 19.1 Å². The molecule has 2 aliphatic heterocycles. The lowest BCUT2D eigenvalue weighted by atomic mass is 10.0. The first-order valence-electron chi connectivity index (χ1n) is 17.2. The van der Waals surface area contributed by atoms with Gasteiger partial charge in [-0.25, -0.2) is 29.5 Å². The molecule has 0 unspecified atom stereocenters. The topological polar surface area (TPSA) is 227 Å². The smallest absolute Gasteiger partial charge is 0.407 e. The molecule has 2 aliphatic rings. The van der Waals surface area contributed by atoms with E-state index in [4.69, 9.17) is 13.6 Å². The van der Waals surface area contributed by atoms with E-state index in [-0.39, 0.29) is 29.8 Å². The molecule has 5 aromatic rings. The number of carbonyl (C=O) groups is 4. The Morgan fingerprint density at radius 1 is 0.769 bits per heavy atom. The summed E-state index contributed by atoms with van der Waals surface area (Å²) in [6.45, 7) is 6.43. The lowest BCUT2D eigenvalue weighted by molar-refractivity contribution is -0.135. The van der Waals surface area contributed by atoms with E-state index < -0.39 is 24.3 Å². The van der Waals surface area contributed by atoms with Crippen LogP contribution in [0.5, 0.6) is 0 Å². The number of amides is 4. The van der Waals surface area contributed by atoms with Crippen molar-refractivity contribution in [2.24, 2.45) is 5.92 Å². The van der Waals surface area contributed by atoms with Crippen molar-refractivity contribution < 1.29 is 37.5 Å². The number of rotatable bonds is 9. The van der Waals surface area contributed by atoms with E-state index in [0.717, 1.165) is 12.8 Å². The Kier molecular flexibility index (Phi) is 9.29. The number of nitrogens with zero attached hydrogens (tertiary/aromatic N) is 6. The van der Waals surface area contributed by atoms with Crippen LogP contribution in [0, 0.1) is 5.92 Å². The maximum absolute atomic E-state index is 13.5. The Labute approximate surface area is 297 Å². The molecule has 4 N–H and O–H groups in total. The zero-order valence-electron chi connectivity index (χ0n) is 29.4. The number of ether oxygens (including phenoxy) is 2. The van der Waals surface area contributed by atoms with Crippen LogP contribution in [0.1, 0.15) is 70.2 Å². The van der Waals surface area contributed by atoms with Crippen molar-refractivity contribution >= 4 is 46.2 Å². The molecule has 1 aromatic carbocycles. The van der Waals surface area contributed by atoms with Crippen LogP contribution in [0.4, 0.5) is 9.59 Å². The molecule has 4 aromatic heterocycles. The minimum atomic E-state index is -0.753. The summed E-state index contributed by atoms with van der Waals surface area (Å²) in [6, 6.07) is 1.40. The van der Waals surface area contributed by atoms with Crippen molar-refractivity contribution in [1.82, 2.24) is 50.3 Å². The van der Waals surface area contributed by atoms with Gasteiger partial charge in [0.25, 0.3) is 0 Å². The number of carbonyl (C=O) groups excluding carboxylic acids is 4. The molecule has 0 saturated carbocycles. The Morgan fingerprint density at radius 3 is 1.77 bits per heavy atom. The van der Waals surface area contributed by atoms with Gasteiger partial charge in [-0.3, -0.25) is 9.59 Å². The van der Waals surface area contributed by atoms with Crippen LogP contribution in [0.15, 0.2) is 33.4 Å². The van der Waals surface area contributed by atoms with E-state index in [0.29, 0.717) is 82.9 Å². The number of H-pyrrole nitrogens is 2. The molecule has 52 heavy (non-hydrogen) atoms. The third kappa shape index (κ3) is 6.51. The van der Waals surface area contributed by atoms with Crippen LogP contribution >= 0.6 is 0 Å². The van der Waals surface area contributed by atoms with Gasteiger partial charge in [-0.05, 0) is 44.6 Å². The molecule has 18 nitrogen and oxygen atoms in total. The van der Waals surface area contributed by atoms with Crippen LogP contribution in [0.2, 0.25) is 0 Å². The maximum Gasteiger partial charge on any atom is 0.407 e. The number of aromatic nitrogens is 6. The summed E-state index contributed by atoms with van der Waals surface area (Å²) in [5, 5.41) is 5.19. The van der Waals surface area contributed by atoms with Gasteiger partial charge in [-0.1, -0.05) is 13.8 Å². The number of hydrogen-bond acceptors (Lipinski definition) is 12. The SMILES string of the molecule is COC(=O)N[C@@H](C)C(=O)N1CCC[C@H]1c1ncc(-c2nc3cc4nc(-c5cnc([C@@H]6CCCN6C(=O)[C@@H](NC(=O)OC)C(C)C)[nH]5)oc4cc3o2)[nH]1. The minimum absolute atomic E-state index is 0.143. The predicted octanol–water partition coefficient (Wildman–Crippen LogP) is 4.20. The van der Waals surface area contributed by atoms with Gasteiger partial charge in [-0.15, -0.1) is 0 Å². The summed E-state index contributed by atoms with van der Waals surface area (Å²) in [6.07, 6.45) is 4.92. The fourth-order valence-electron chi connectivity index (χ4n) is 6.86. The van der Waals surface area contributed by atoms with Gasteiger partial charge in [0.1, 0.15) is 46.2 Å². The van der Waals surface area contributed by atoms with Crippen LogP contribution in [0.3, 0.4) is 0 Å². The third-order valence-corrected chi connectivity index (χ3v) is 9.53. The van der Waals surface area contributed by atoms with Gasteiger partial charge in [0.05, 0.1) is 38.7 Å². The molecular formula is C34H40N10O8. The molecule has 4 atom stereocenters. The highest BCUT2D eigenvalue weighted by Gasteiger charge is 2.38. The number of aromatic amines is 2. The first-order valence-corrected chi connectivity index (χ1v) is 17.2. The Hall–Kier alpha value is -5.94. The summed E-state index contributed by atoms with van der Waals surface area (Å²) in [5.74, 6) is 1.25. The standard InChI is InChI=1S/C34H40N10O8/c1-16(2)26(42-34(48)50-5)32(46)44-11-7-9-23(44)28-36-15-21(39-28)30-41-19-12-18-24(13-25(19)52-30)51-29(40-18)20-14-35-27(38-20)22-8-6-10-43(22)31(45)17(3)37-33(47)49-4/h12-17,22-23,26H,6-11H2,1-5H3,(H,35,38)(H,36,39)(H,37,47)(H,42,48)/t17-,22-,23-,26-/m0/s1. The van der Waals surface area contributed by atoms with Gasteiger partial charge in [0.2, 0.25) is 23.6 Å². The summed E-state index contributed by atoms with van der Waals surface area (Å²) < 4.78 is 21.6. The number of fused-ring (bicyclic) bond motifs is 2. The molecule has 0 bridgehead atoms. The zero-order chi connectivity index (χ0) is 36.7. The van der Waals surface area contributed by atoms with Gasteiger partial charge in [0, 0.05) is 19.2 Å². The van der Waals surface area contributed by atoms with Crippen molar-refractivity contribution in [2.45, 2.75) is 70.6 Å². The van der Waals surface area contributed by atoms with Gasteiger partial charge < -0.3 is 48.7 Å². The second-order valence-electron chi connectivity index (χ2n) is 13.3. The highest BCUT2D eigenvalue weighted by molar-refractivity contribution is 5.91. The lowest BCUT2D eigenvalue weighted by Gasteiger charge is -2.29. The Balaban J connectivity index is 1.07. The average molecular weight is 717 g/mol. The number of benzene rings is 1. The first kappa shape index (κ1) is 34.5. The Morgan fingerprint density at radius 2 is 1.27 bits per heavy atom. The van der Waals surface area contributed by atoms with E-state index in [2.05, 4.69) is 45.3 Å². The largest absolute Gasteiger partial charge is 0.453 e. The molecule has 0 spiro atoms. The monoisotopic (exact) mass is 716 g/mol. The van der Waals surface area contributed by atoms with E-state index >= 15 is 0 Å². The van der Waals surface area contributed by atoms with Gasteiger partial charge in [0.15, 0.2) is 11.2 Å². The van der Waals surface area contributed by atoms with E-state index in [9.17, 15) is 19.2 Å². The highest BCUT2D eigenvalue weighted by Crippen LogP contribution is 2.35. The zero-order valence-corrected chi connectivity index (χ0v) is 29.4. The predicted molar refractivity (Wildman–Crippen MR) is 183 cm³/mol. The summed E-state index contributed by atoms with van der Waals surface area (Å²) in [5.41, 5.74) is 3.17. The quantitative estimate of drug-likeness (QED) is 0.168. The highest BCUT2D eigenvalue weighted by atomic mass is 16.5. The molecule has 2 fully saturated rings. The number of hydrogen-bond donors (Lipinski definition) is 4. The van der Waals surface area contributed by atoms with Gasteiger partial charge in [-0.2, -0.15) is 0 Å².